The molecule has 0 aromatic heterocycles. The number of hydrogen-bond donors (Lipinski definition) is 2. The monoisotopic (exact) mass is 228 g/mol. The number of carbonyl (C=O) groups excluding carboxylic acids is 1. The molecule has 5 nitrogen and oxygen atoms in total. The van der Waals surface area contributed by atoms with Crippen LogP contribution in [0.5, 0.6) is 0 Å². The van der Waals surface area contributed by atoms with E-state index in [1.807, 2.05) is 6.92 Å². The quantitative estimate of drug-likeness (QED) is 0.726. The smallest absolute Gasteiger partial charge is 0.322 e. The van der Waals surface area contributed by atoms with Crippen molar-refractivity contribution in [2.24, 2.45) is 5.92 Å². The van der Waals surface area contributed by atoms with Crippen LogP contribution in [0.25, 0.3) is 0 Å². The van der Waals surface area contributed by atoms with E-state index in [2.05, 4.69) is 17.1 Å². The number of amides is 1. The highest BCUT2D eigenvalue weighted by atomic mass is 16.4. The first kappa shape index (κ1) is 13.0. The van der Waals surface area contributed by atoms with Gasteiger partial charge >= 0.3 is 5.97 Å². The molecule has 1 saturated heterocycles. The van der Waals surface area contributed by atoms with Crippen LogP contribution in [0, 0.1) is 5.92 Å². The minimum atomic E-state index is -1.01. The van der Waals surface area contributed by atoms with Crippen LogP contribution in [0.15, 0.2) is 0 Å². The van der Waals surface area contributed by atoms with E-state index in [9.17, 15) is 9.59 Å². The van der Waals surface area contributed by atoms with Crippen LogP contribution in [-0.2, 0) is 9.59 Å². The van der Waals surface area contributed by atoms with Gasteiger partial charge in [0, 0.05) is 6.54 Å². The van der Waals surface area contributed by atoms with E-state index in [0.717, 1.165) is 19.5 Å². The fraction of sp³-hybridized carbons (Fsp3) is 0.818. The highest BCUT2D eigenvalue weighted by Gasteiger charge is 2.25. The molecule has 0 aromatic rings. The van der Waals surface area contributed by atoms with Gasteiger partial charge in [-0.05, 0) is 32.2 Å². The molecule has 2 atom stereocenters. The van der Waals surface area contributed by atoms with Crippen molar-refractivity contribution >= 4 is 11.9 Å². The number of nitrogens with zero attached hydrogens (tertiary/aromatic N) is 1. The van der Waals surface area contributed by atoms with Gasteiger partial charge in [-0.1, -0.05) is 6.92 Å². The number of likely N-dealkylation sites (tertiary alicyclic amines) is 1. The topological polar surface area (TPSA) is 69.6 Å². The Morgan fingerprint density at radius 2 is 2.25 bits per heavy atom. The van der Waals surface area contributed by atoms with Crippen molar-refractivity contribution in [1.29, 1.82) is 0 Å². The van der Waals surface area contributed by atoms with Gasteiger partial charge < -0.3 is 10.4 Å². The van der Waals surface area contributed by atoms with Gasteiger partial charge in [0.05, 0.1) is 6.04 Å². The minimum absolute atomic E-state index is 0.198. The zero-order valence-electron chi connectivity index (χ0n) is 9.90. The first-order chi connectivity index (χ1) is 7.50. The summed E-state index contributed by atoms with van der Waals surface area (Å²) in [6.45, 7) is 5.55. The first-order valence-corrected chi connectivity index (χ1v) is 5.74. The average molecular weight is 228 g/mol. The van der Waals surface area contributed by atoms with Crippen molar-refractivity contribution in [2.75, 3.05) is 19.6 Å². The van der Waals surface area contributed by atoms with Crippen LogP contribution < -0.4 is 5.32 Å². The highest BCUT2D eigenvalue weighted by Crippen LogP contribution is 2.17. The predicted octanol–water partition coefficient (Wildman–Crippen LogP) is 0.308. The molecule has 92 valence electrons. The van der Waals surface area contributed by atoms with Crippen LogP contribution in [0.2, 0.25) is 0 Å². The SMILES string of the molecule is CC1CCCN(C(C)C(=O)NCC(=O)O)C1. The third-order valence-electron chi connectivity index (χ3n) is 3.03. The Morgan fingerprint density at radius 1 is 1.56 bits per heavy atom. The Balaban J connectivity index is 2.39. The van der Waals surface area contributed by atoms with E-state index >= 15 is 0 Å². The highest BCUT2D eigenvalue weighted by molar-refractivity contribution is 5.84. The van der Waals surface area contributed by atoms with E-state index in [0.29, 0.717) is 5.92 Å². The molecule has 1 aliphatic rings. The molecule has 0 radical (unpaired) electrons. The lowest BCUT2D eigenvalue weighted by Gasteiger charge is -2.34. The normalized spacial score (nSPS) is 23.8. The number of rotatable bonds is 4. The number of aliphatic carboxylic acids is 1. The molecule has 0 aliphatic carbocycles. The fourth-order valence-corrected chi connectivity index (χ4v) is 2.05. The molecule has 0 saturated carbocycles. The summed E-state index contributed by atoms with van der Waals surface area (Å²) in [5.74, 6) is -0.590. The Hall–Kier alpha value is -1.10. The Labute approximate surface area is 95.8 Å². The summed E-state index contributed by atoms with van der Waals surface area (Å²) in [6.07, 6.45) is 2.32. The van der Waals surface area contributed by atoms with E-state index in [1.54, 1.807) is 0 Å². The molecule has 2 N–H and O–H groups in total. The van der Waals surface area contributed by atoms with E-state index < -0.39 is 5.97 Å². The zero-order chi connectivity index (χ0) is 12.1. The molecular formula is C11H20N2O3. The molecule has 2 unspecified atom stereocenters. The Morgan fingerprint density at radius 3 is 2.81 bits per heavy atom. The molecule has 1 fully saturated rings. The Kier molecular flexibility index (Phi) is 4.73. The van der Waals surface area contributed by atoms with Crippen LogP contribution in [0.1, 0.15) is 26.7 Å². The van der Waals surface area contributed by atoms with Gasteiger partial charge in [-0.15, -0.1) is 0 Å². The van der Waals surface area contributed by atoms with Crippen LogP contribution in [-0.4, -0.2) is 47.6 Å². The molecule has 1 heterocycles. The van der Waals surface area contributed by atoms with Gasteiger partial charge in [0.15, 0.2) is 0 Å². The summed E-state index contributed by atoms with van der Waals surface area (Å²) >= 11 is 0. The van der Waals surface area contributed by atoms with Crippen molar-refractivity contribution in [3.05, 3.63) is 0 Å². The lowest BCUT2D eigenvalue weighted by molar-refractivity contribution is -0.138. The number of nitrogens with one attached hydrogen (secondary N) is 1. The molecule has 5 heteroatoms. The molecule has 0 aromatic carbocycles. The predicted molar refractivity (Wildman–Crippen MR) is 60.1 cm³/mol. The maximum atomic E-state index is 11.6. The second-order valence-electron chi connectivity index (χ2n) is 4.53. The van der Waals surface area contributed by atoms with Crippen LogP contribution in [0.3, 0.4) is 0 Å². The first-order valence-electron chi connectivity index (χ1n) is 5.74. The van der Waals surface area contributed by atoms with E-state index in [1.165, 1.54) is 6.42 Å². The molecule has 1 rings (SSSR count). The largest absolute Gasteiger partial charge is 0.480 e. The molecule has 0 bridgehead atoms. The van der Waals surface area contributed by atoms with Gasteiger partial charge in [-0.2, -0.15) is 0 Å². The van der Waals surface area contributed by atoms with Crippen LogP contribution in [0.4, 0.5) is 0 Å². The van der Waals surface area contributed by atoms with Crippen molar-refractivity contribution in [2.45, 2.75) is 32.7 Å². The number of piperidine rings is 1. The maximum absolute atomic E-state index is 11.6. The molecule has 16 heavy (non-hydrogen) atoms. The van der Waals surface area contributed by atoms with Gasteiger partial charge in [-0.3, -0.25) is 14.5 Å². The third kappa shape index (κ3) is 3.81. The second kappa shape index (κ2) is 5.84. The second-order valence-corrected chi connectivity index (χ2v) is 4.53. The van der Waals surface area contributed by atoms with Crippen LogP contribution >= 0.6 is 0 Å². The summed E-state index contributed by atoms with van der Waals surface area (Å²) in [6, 6.07) is -0.234. The van der Waals surface area contributed by atoms with Gasteiger partial charge in [0.25, 0.3) is 0 Å². The summed E-state index contributed by atoms with van der Waals surface area (Å²) in [5.41, 5.74) is 0. The number of carbonyl (C=O) groups is 2. The minimum Gasteiger partial charge on any atom is -0.480 e. The van der Waals surface area contributed by atoms with Crippen molar-refractivity contribution in [1.82, 2.24) is 10.2 Å². The number of hydrogen-bond acceptors (Lipinski definition) is 3. The molecule has 1 amide bonds. The van der Waals surface area contributed by atoms with Gasteiger partial charge in [-0.25, -0.2) is 0 Å². The summed E-state index contributed by atoms with van der Waals surface area (Å²) < 4.78 is 0. The summed E-state index contributed by atoms with van der Waals surface area (Å²) in [7, 11) is 0. The van der Waals surface area contributed by atoms with Crippen molar-refractivity contribution < 1.29 is 14.7 Å². The number of carboxylic acid groups (broad SMARTS) is 1. The lowest BCUT2D eigenvalue weighted by Crippen LogP contribution is -2.49. The number of carboxylic acids is 1. The maximum Gasteiger partial charge on any atom is 0.322 e. The zero-order valence-corrected chi connectivity index (χ0v) is 9.90. The summed E-state index contributed by atoms with van der Waals surface area (Å²) in [4.78, 5) is 24.1. The molecular weight excluding hydrogens is 208 g/mol. The third-order valence-corrected chi connectivity index (χ3v) is 3.03. The van der Waals surface area contributed by atoms with Crippen molar-refractivity contribution in [3.63, 3.8) is 0 Å². The van der Waals surface area contributed by atoms with E-state index in [4.69, 9.17) is 5.11 Å². The molecule has 1 aliphatic heterocycles. The average Bonchev–Trinajstić information content (AvgIpc) is 2.24. The van der Waals surface area contributed by atoms with Gasteiger partial charge in [0.1, 0.15) is 6.54 Å². The van der Waals surface area contributed by atoms with Gasteiger partial charge in [0.2, 0.25) is 5.91 Å². The lowest BCUT2D eigenvalue weighted by atomic mass is 9.99. The molecule has 0 spiro atoms. The van der Waals surface area contributed by atoms with Crippen molar-refractivity contribution in [3.8, 4) is 0 Å². The Bertz CT molecular complexity index is 268. The summed E-state index contributed by atoms with van der Waals surface area (Å²) in [5, 5.41) is 10.9. The van der Waals surface area contributed by atoms with E-state index in [-0.39, 0.29) is 18.5 Å². The standard InChI is InChI=1S/C11H20N2O3/c1-8-4-3-5-13(7-8)9(2)11(16)12-6-10(14)15/h8-9H,3-7H2,1-2H3,(H,12,16)(H,14,15). The fourth-order valence-electron chi connectivity index (χ4n) is 2.05.